The predicted molar refractivity (Wildman–Crippen MR) is 245 cm³/mol. The van der Waals surface area contributed by atoms with Crippen molar-refractivity contribution in [1.82, 2.24) is 24.1 Å². The molecule has 59 heavy (non-hydrogen) atoms. The number of fused-ring (bicyclic) bond motifs is 7. The van der Waals surface area contributed by atoms with Gasteiger partial charge >= 0.3 is 0 Å². The number of aromatic nitrogens is 5. The molecular weight excluding hydrogens is 721 g/mol. The number of hydrogen-bond acceptors (Lipinski definition) is 4. The molecule has 0 N–H and O–H groups in total. The van der Waals surface area contributed by atoms with Gasteiger partial charge in [-0.25, -0.2) is 0 Å². The molecule has 0 atom stereocenters. The van der Waals surface area contributed by atoms with E-state index in [0.717, 1.165) is 79.5 Å². The summed E-state index contributed by atoms with van der Waals surface area (Å²) in [6.45, 7) is 9.00. The highest BCUT2D eigenvalue weighted by atomic mass is 15.3. The summed E-state index contributed by atoms with van der Waals surface area (Å²) in [5.74, 6) is 1.51. The van der Waals surface area contributed by atoms with Gasteiger partial charge in [-0.1, -0.05) is 171 Å². The zero-order valence-corrected chi connectivity index (χ0v) is 32.5. The number of nitrogens with zero attached hydrogens (tertiary/aromatic N) is 6. The van der Waals surface area contributed by atoms with Gasteiger partial charge in [0.05, 0.1) is 27.9 Å². The van der Waals surface area contributed by atoms with E-state index >= 15 is 0 Å². The topological polar surface area (TPSA) is 51.8 Å². The normalized spacial score (nSPS) is 13.7. The summed E-state index contributed by atoms with van der Waals surface area (Å²) in [7, 11) is 0. The van der Waals surface area contributed by atoms with E-state index in [-0.39, 0.29) is 0 Å². The Bertz CT molecular complexity index is 3090. The summed E-state index contributed by atoms with van der Waals surface area (Å²) in [6, 6.07) is 54.8. The lowest BCUT2D eigenvalue weighted by molar-refractivity contribution is 0.857. The van der Waals surface area contributed by atoms with Crippen molar-refractivity contribution >= 4 is 61.4 Å². The van der Waals surface area contributed by atoms with Crippen LogP contribution in [0.25, 0.3) is 62.0 Å². The van der Waals surface area contributed by atoms with Crippen molar-refractivity contribution in [2.24, 2.45) is 0 Å². The van der Waals surface area contributed by atoms with Crippen LogP contribution in [-0.2, 0) is 12.8 Å². The van der Waals surface area contributed by atoms with Gasteiger partial charge in [-0.3, -0.25) is 9.13 Å². The Morgan fingerprint density at radius 3 is 1.88 bits per heavy atom. The summed E-state index contributed by atoms with van der Waals surface area (Å²) in [5, 5.41) is 3.32. The van der Waals surface area contributed by atoms with Crippen molar-refractivity contribution < 1.29 is 0 Å². The quantitative estimate of drug-likeness (QED) is 0.145. The van der Waals surface area contributed by atoms with Crippen LogP contribution in [0.15, 0.2) is 201 Å². The van der Waals surface area contributed by atoms with Crippen LogP contribution in [0.4, 0.5) is 11.4 Å². The number of hydrogen-bond donors (Lipinski definition) is 0. The minimum atomic E-state index is 0.478. The SMILES string of the molecule is C=C/C=C(\C=C/Cc1ccccc1)c1nc(-n2c3c(c4ccccc42)/C=C\Cc2ccccc2N(c2ccccc2)C3=C)nc(-n2c3ccccc3c3ccccc32)n1. The average Bonchev–Trinajstić information content (AvgIpc) is 3.81. The molecule has 1 aliphatic rings. The van der Waals surface area contributed by atoms with Gasteiger partial charge in [-0.05, 0) is 60.4 Å². The molecule has 10 rings (SSSR count). The third-order valence-electron chi connectivity index (χ3n) is 11.0. The molecule has 6 heteroatoms. The van der Waals surface area contributed by atoms with Crippen molar-refractivity contribution in [3.05, 3.63) is 229 Å². The van der Waals surface area contributed by atoms with Crippen LogP contribution in [0.3, 0.4) is 0 Å². The summed E-state index contributed by atoms with van der Waals surface area (Å²) in [6.07, 6.45) is 14.0. The van der Waals surface area contributed by atoms with Crippen molar-refractivity contribution in [2.75, 3.05) is 4.90 Å². The Morgan fingerprint density at radius 1 is 0.610 bits per heavy atom. The molecule has 0 fully saturated rings. The molecule has 0 aliphatic carbocycles. The second kappa shape index (κ2) is 15.3. The lowest BCUT2D eigenvalue weighted by Crippen LogP contribution is -2.20. The van der Waals surface area contributed by atoms with Crippen molar-refractivity contribution in [2.45, 2.75) is 12.8 Å². The predicted octanol–water partition coefficient (Wildman–Crippen LogP) is 12.7. The van der Waals surface area contributed by atoms with E-state index in [1.807, 2.05) is 18.2 Å². The first-order valence-corrected chi connectivity index (χ1v) is 19.9. The van der Waals surface area contributed by atoms with E-state index in [1.165, 1.54) is 11.1 Å². The Labute approximate surface area is 343 Å². The molecule has 6 aromatic carbocycles. The third kappa shape index (κ3) is 6.37. The fraction of sp³-hybridized carbons (Fsp3) is 0.0377. The van der Waals surface area contributed by atoms with Gasteiger partial charge in [0.25, 0.3) is 0 Å². The molecule has 0 unspecified atom stereocenters. The molecule has 0 spiro atoms. The first kappa shape index (κ1) is 35.6. The Morgan fingerprint density at radius 2 is 1.19 bits per heavy atom. The van der Waals surface area contributed by atoms with E-state index in [4.69, 9.17) is 21.5 Å². The Kier molecular flexibility index (Phi) is 9.20. The summed E-state index contributed by atoms with van der Waals surface area (Å²) in [4.78, 5) is 18.4. The summed E-state index contributed by atoms with van der Waals surface area (Å²) < 4.78 is 4.32. The highest BCUT2D eigenvalue weighted by molar-refractivity contribution is 6.09. The van der Waals surface area contributed by atoms with Crippen LogP contribution in [0.2, 0.25) is 0 Å². The molecule has 0 saturated heterocycles. The van der Waals surface area contributed by atoms with Gasteiger partial charge in [0.2, 0.25) is 11.9 Å². The molecule has 0 radical (unpaired) electrons. The zero-order chi connectivity index (χ0) is 39.7. The molecule has 282 valence electrons. The van der Waals surface area contributed by atoms with E-state index in [9.17, 15) is 0 Å². The lowest BCUT2D eigenvalue weighted by Gasteiger charge is -2.29. The first-order chi connectivity index (χ1) is 29.2. The van der Waals surface area contributed by atoms with Crippen molar-refractivity contribution in [3.63, 3.8) is 0 Å². The molecule has 0 bridgehead atoms. The molecule has 1 aliphatic heterocycles. The van der Waals surface area contributed by atoms with Crippen LogP contribution in [0, 0.1) is 0 Å². The van der Waals surface area contributed by atoms with E-state index in [0.29, 0.717) is 17.7 Å². The number of para-hydroxylation sites is 5. The van der Waals surface area contributed by atoms with Gasteiger partial charge in [0, 0.05) is 38.7 Å². The number of allylic oxidation sites excluding steroid dienone is 6. The van der Waals surface area contributed by atoms with Crippen LogP contribution in [0.5, 0.6) is 0 Å². The van der Waals surface area contributed by atoms with Crippen LogP contribution in [-0.4, -0.2) is 24.1 Å². The highest BCUT2D eigenvalue weighted by Crippen LogP contribution is 2.42. The number of benzene rings is 6. The fourth-order valence-electron chi connectivity index (χ4n) is 8.34. The molecule has 9 aromatic rings. The Balaban J connectivity index is 1.26. The van der Waals surface area contributed by atoms with E-state index in [2.05, 4.69) is 191 Å². The molecule has 0 amide bonds. The van der Waals surface area contributed by atoms with Crippen molar-refractivity contribution in [3.8, 4) is 11.9 Å². The maximum atomic E-state index is 5.44. The second-order valence-electron chi connectivity index (χ2n) is 14.5. The molecular formula is C53H40N6. The lowest BCUT2D eigenvalue weighted by atomic mass is 10.1. The number of rotatable bonds is 8. The minimum absolute atomic E-state index is 0.478. The van der Waals surface area contributed by atoms with Gasteiger partial charge < -0.3 is 4.90 Å². The third-order valence-corrected chi connectivity index (χ3v) is 11.0. The molecule has 3 aromatic heterocycles. The molecule has 6 nitrogen and oxygen atoms in total. The van der Waals surface area contributed by atoms with Crippen LogP contribution < -0.4 is 4.90 Å². The standard InChI is InChI=1S/C53H40N6/c1-3-20-40(26-18-23-38-21-6-4-7-22-38)51-54-52(58-47-34-15-11-29-42(47)43-30-12-16-35-48(43)58)56-53(55-51)59-49-36-17-13-31-44(49)45-32-19-25-39-24-10-14-33-46(39)57(37(2)50(45)59)41-27-8-5-9-28-41/h3-22,24,26-36H,1-2,23,25H2/b26-18-,32-19-,40-20+. The van der Waals surface area contributed by atoms with Gasteiger partial charge in [-0.15, -0.1) is 0 Å². The van der Waals surface area contributed by atoms with Gasteiger partial charge in [-0.2, -0.15) is 15.0 Å². The average molecular weight is 761 g/mol. The largest absolute Gasteiger partial charge is 0.309 e. The van der Waals surface area contributed by atoms with Crippen molar-refractivity contribution in [1.29, 1.82) is 0 Å². The highest BCUT2D eigenvalue weighted by Gasteiger charge is 2.28. The molecule has 0 saturated carbocycles. The molecule has 4 heterocycles. The second-order valence-corrected chi connectivity index (χ2v) is 14.5. The monoisotopic (exact) mass is 760 g/mol. The fourth-order valence-corrected chi connectivity index (χ4v) is 8.34. The summed E-state index contributed by atoms with van der Waals surface area (Å²) in [5.41, 5.74) is 11.0. The van der Waals surface area contributed by atoms with Crippen LogP contribution >= 0.6 is 0 Å². The smallest absolute Gasteiger partial charge is 0.240 e. The zero-order valence-electron chi connectivity index (χ0n) is 32.5. The van der Waals surface area contributed by atoms with E-state index < -0.39 is 0 Å². The van der Waals surface area contributed by atoms with Gasteiger partial charge in [0.1, 0.15) is 0 Å². The maximum absolute atomic E-state index is 5.44. The summed E-state index contributed by atoms with van der Waals surface area (Å²) >= 11 is 0. The first-order valence-electron chi connectivity index (χ1n) is 19.9. The van der Waals surface area contributed by atoms with E-state index in [1.54, 1.807) is 6.08 Å². The number of anilines is 2. The maximum Gasteiger partial charge on any atom is 0.240 e. The minimum Gasteiger partial charge on any atom is -0.309 e. The van der Waals surface area contributed by atoms with Gasteiger partial charge in [0.15, 0.2) is 5.82 Å². The Hall–Kier alpha value is -7.83. The van der Waals surface area contributed by atoms with Crippen LogP contribution in [0.1, 0.15) is 28.2 Å².